The van der Waals surface area contributed by atoms with E-state index >= 15 is 0 Å². The van der Waals surface area contributed by atoms with Gasteiger partial charge in [-0.05, 0) is 29.3 Å². The van der Waals surface area contributed by atoms with Crippen LogP contribution in [0.4, 0.5) is 0 Å². The predicted octanol–water partition coefficient (Wildman–Crippen LogP) is 3.22. The Kier molecular flexibility index (Phi) is 4.45. The zero-order valence-electron chi connectivity index (χ0n) is 15.8. The first-order chi connectivity index (χ1) is 13.6. The Morgan fingerprint density at radius 2 is 1.54 bits per heavy atom. The molecule has 0 fully saturated rings. The highest BCUT2D eigenvalue weighted by atomic mass is 16.3. The SMILES string of the molecule is CNC(=O)c1ccc2c(c1)nc(C(O)(c1ccccc1)c1ccccc1)n2C. The van der Waals surface area contributed by atoms with Gasteiger partial charge in [0.25, 0.3) is 5.91 Å². The van der Waals surface area contributed by atoms with Crippen LogP contribution in [0.5, 0.6) is 0 Å². The molecule has 1 amide bonds. The normalized spacial score (nSPS) is 11.5. The molecule has 3 aromatic carbocycles. The molecule has 0 unspecified atom stereocenters. The molecule has 0 radical (unpaired) electrons. The molecule has 5 nitrogen and oxygen atoms in total. The second-order valence-corrected chi connectivity index (χ2v) is 6.72. The van der Waals surface area contributed by atoms with E-state index in [0.717, 1.165) is 16.6 Å². The van der Waals surface area contributed by atoms with Crippen molar-refractivity contribution in [3.05, 3.63) is 101 Å². The van der Waals surface area contributed by atoms with Gasteiger partial charge in [0.1, 0.15) is 0 Å². The maximum absolute atomic E-state index is 12.0. The van der Waals surface area contributed by atoms with Gasteiger partial charge < -0.3 is 15.0 Å². The third-order valence-corrected chi connectivity index (χ3v) is 5.08. The number of aryl methyl sites for hydroxylation is 1. The first-order valence-corrected chi connectivity index (χ1v) is 9.08. The molecule has 0 aliphatic heterocycles. The molecule has 1 aromatic heterocycles. The molecule has 0 saturated carbocycles. The van der Waals surface area contributed by atoms with E-state index in [-0.39, 0.29) is 5.91 Å². The van der Waals surface area contributed by atoms with Crippen LogP contribution in [-0.4, -0.2) is 27.6 Å². The Morgan fingerprint density at radius 1 is 0.964 bits per heavy atom. The van der Waals surface area contributed by atoms with Crippen molar-refractivity contribution in [2.45, 2.75) is 5.60 Å². The summed E-state index contributed by atoms with van der Waals surface area (Å²) in [5.74, 6) is 0.324. The molecule has 2 N–H and O–H groups in total. The Hall–Kier alpha value is -3.44. The van der Waals surface area contributed by atoms with E-state index in [4.69, 9.17) is 4.98 Å². The molecule has 0 atom stereocenters. The van der Waals surface area contributed by atoms with Crippen molar-refractivity contribution in [3.8, 4) is 0 Å². The molecule has 5 heteroatoms. The van der Waals surface area contributed by atoms with Crippen molar-refractivity contribution in [3.63, 3.8) is 0 Å². The maximum atomic E-state index is 12.0. The van der Waals surface area contributed by atoms with E-state index < -0.39 is 5.60 Å². The summed E-state index contributed by atoms with van der Waals surface area (Å²) in [7, 11) is 3.47. The number of aromatic nitrogens is 2. The van der Waals surface area contributed by atoms with Crippen molar-refractivity contribution >= 4 is 16.9 Å². The second kappa shape index (κ2) is 6.94. The summed E-state index contributed by atoms with van der Waals surface area (Å²) in [5.41, 5.74) is 2.06. The van der Waals surface area contributed by atoms with E-state index in [2.05, 4.69) is 5.32 Å². The number of amides is 1. The van der Waals surface area contributed by atoms with E-state index in [1.807, 2.05) is 78.3 Å². The summed E-state index contributed by atoms with van der Waals surface area (Å²) < 4.78 is 1.88. The molecule has 4 rings (SSSR count). The molecule has 140 valence electrons. The van der Waals surface area contributed by atoms with Crippen LogP contribution in [-0.2, 0) is 12.6 Å². The maximum Gasteiger partial charge on any atom is 0.251 e. The standard InChI is InChI=1S/C23H21N3O2/c1-24-21(27)16-13-14-20-19(15-16)25-22(26(20)2)23(28,17-9-5-3-6-10-17)18-11-7-4-8-12-18/h3-15,28H,1-2H3,(H,24,27). The van der Waals surface area contributed by atoms with Gasteiger partial charge in [-0.2, -0.15) is 0 Å². The van der Waals surface area contributed by atoms with Crippen LogP contribution in [0.3, 0.4) is 0 Å². The number of nitrogens with zero attached hydrogens (tertiary/aromatic N) is 2. The zero-order chi connectivity index (χ0) is 19.7. The second-order valence-electron chi connectivity index (χ2n) is 6.72. The Labute approximate surface area is 163 Å². The molecule has 28 heavy (non-hydrogen) atoms. The third kappa shape index (κ3) is 2.77. The van der Waals surface area contributed by atoms with Gasteiger partial charge in [0.05, 0.1) is 11.0 Å². The number of aliphatic hydroxyl groups is 1. The molecule has 4 aromatic rings. The molecule has 0 saturated heterocycles. The van der Waals surface area contributed by atoms with Crippen LogP contribution in [0.1, 0.15) is 27.3 Å². The average molecular weight is 371 g/mol. The molecule has 0 aliphatic rings. The lowest BCUT2D eigenvalue weighted by Crippen LogP contribution is -2.32. The molecule has 0 bridgehead atoms. The largest absolute Gasteiger partial charge is 0.373 e. The van der Waals surface area contributed by atoms with Gasteiger partial charge in [0, 0.05) is 19.7 Å². The van der Waals surface area contributed by atoms with Crippen LogP contribution < -0.4 is 5.32 Å². The number of nitrogens with one attached hydrogen (secondary N) is 1. The minimum atomic E-state index is -1.43. The van der Waals surface area contributed by atoms with Gasteiger partial charge in [0.15, 0.2) is 11.4 Å². The van der Waals surface area contributed by atoms with Crippen molar-refractivity contribution in [1.29, 1.82) is 0 Å². The summed E-state index contributed by atoms with van der Waals surface area (Å²) in [6.07, 6.45) is 0. The highest BCUT2D eigenvalue weighted by Crippen LogP contribution is 2.37. The number of carbonyl (C=O) groups is 1. The summed E-state index contributed by atoms with van der Waals surface area (Å²) in [5, 5.41) is 14.6. The first-order valence-electron chi connectivity index (χ1n) is 9.08. The van der Waals surface area contributed by atoms with Crippen molar-refractivity contribution in [2.75, 3.05) is 7.05 Å². The lowest BCUT2D eigenvalue weighted by Gasteiger charge is -2.29. The number of imidazole rings is 1. The number of hydrogen-bond acceptors (Lipinski definition) is 3. The number of benzene rings is 3. The Morgan fingerprint density at radius 3 is 2.07 bits per heavy atom. The fraction of sp³-hybridized carbons (Fsp3) is 0.130. The highest BCUT2D eigenvalue weighted by molar-refractivity contribution is 5.97. The highest BCUT2D eigenvalue weighted by Gasteiger charge is 2.38. The van der Waals surface area contributed by atoms with Gasteiger partial charge in [-0.1, -0.05) is 60.7 Å². The van der Waals surface area contributed by atoms with Crippen LogP contribution in [0.2, 0.25) is 0 Å². The Balaban J connectivity index is 1.98. The minimum Gasteiger partial charge on any atom is -0.373 e. The van der Waals surface area contributed by atoms with Gasteiger partial charge >= 0.3 is 0 Å². The van der Waals surface area contributed by atoms with Crippen LogP contribution >= 0.6 is 0 Å². The Bertz CT molecular complexity index is 1100. The lowest BCUT2D eigenvalue weighted by molar-refractivity contribution is 0.0963. The lowest BCUT2D eigenvalue weighted by atomic mass is 9.85. The van der Waals surface area contributed by atoms with Crippen molar-refractivity contribution in [2.24, 2.45) is 7.05 Å². The van der Waals surface area contributed by atoms with E-state index in [9.17, 15) is 9.90 Å². The average Bonchev–Trinajstić information content (AvgIpc) is 3.10. The van der Waals surface area contributed by atoms with Crippen LogP contribution in [0.25, 0.3) is 11.0 Å². The quantitative estimate of drug-likeness (QED) is 0.579. The number of carbonyl (C=O) groups excluding carboxylic acids is 1. The molecule has 1 heterocycles. The van der Waals surface area contributed by atoms with Gasteiger partial charge in [-0.3, -0.25) is 4.79 Å². The van der Waals surface area contributed by atoms with E-state index in [1.54, 1.807) is 19.2 Å². The summed E-state index contributed by atoms with van der Waals surface area (Å²) >= 11 is 0. The number of fused-ring (bicyclic) bond motifs is 1. The number of rotatable bonds is 4. The van der Waals surface area contributed by atoms with Crippen LogP contribution in [0, 0.1) is 0 Å². The molecular weight excluding hydrogens is 350 g/mol. The third-order valence-electron chi connectivity index (χ3n) is 5.08. The fourth-order valence-electron chi connectivity index (χ4n) is 3.59. The smallest absolute Gasteiger partial charge is 0.251 e. The topological polar surface area (TPSA) is 67.2 Å². The summed E-state index contributed by atoms with van der Waals surface area (Å²) in [6.45, 7) is 0. The van der Waals surface area contributed by atoms with Crippen LogP contribution in [0.15, 0.2) is 78.9 Å². The van der Waals surface area contributed by atoms with Crippen molar-refractivity contribution < 1.29 is 9.90 Å². The monoisotopic (exact) mass is 371 g/mol. The first kappa shape index (κ1) is 17.9. The number of hydrogen-bond donors (Lipinski definition) is 2. The van der Waals surface area contributed by atoms with Gasteiger partial charge in [0.2, 0.25) is 0 Å². The van der Waals surface area contributed by atoms with E-state index in [0.29, 0.717) is 16.9 Å². The molecule has 0 aliphatic carbocycles. The molecule has 0 spiro atoms. The van der Waals surface area contributed by atoms with Gasteiger partial charge in [-0.25, -0.2) is 4.98 Å². The molecular formula is C23H21N3O2. The van der Waals surface area contributed by atoms with Crippen molar-refractivity contribution in [1.82, 2.24) is 14.9 Å². The summed E-state index contributed by atoms with van der Waals surface area (Å²) in [4.78, 5) is 16.7. The fourth-order valence-corrected chi connectivity index (χ4v) is 3.59. The zero-order valence-corrected chi connectivity index (χ0v) is 15.8. The minimum absolute atomic E-state index is 0.171. The predicted molar refractivity (Wildman–Crippen MR) is 109 cm³/mol. The summed E-state index contributed by atoms with van der Waals surface area (Å²) in [6, 6.07) is 24.3. The van der Waals surface area contributed by atoms with E-state index in [1.165, 1.54) is 0 Å². The van der Waals surface area contributed by atoms with Gasteiger partial charge in [-0.15, -0.1) is 0 Å².